The second kappa shape index (κ2) is 10.9. The Labute approximate surface area is 179 Å². The topological polar surface area (TPSA) is 84.9 Å². The quantitative estimate of drug-likeness (QED) is 0.550. The minimum atomic E-state index is -3.44. The molecule has 2 aromatic carbocycles. The number of methoxy groups -OCH3 is 1. The molecule has 2 rings (SSSR count). The summed E-state index contributed by atoms with van der Waals surface area (Å²) in [5.74, 6) is 1.23. The molecule has 0 aliphatic heterocycles. The monoisotopic (exact) mass is 434 g/mol. The second-order valence-electron chi connectivity index (χ2n) is 7.16. The Morgan fingerprint density at radius 3 is 2.37 bits per heavy atom. The van der Waals surface area contributed by atoms with Crippen LogP contribution in [0.25, 0.3) is 0 Å². The molecule has 0 fully saturated rings. The molecule has 0 heterocycles. The molecule has 0 bridgehead atoms. The van der Waals surface area contributed by atoms with E-state index in [2.05, 4.69) is 5.32 Å². The van der Waals surface area contributed by atoms with Crippen LogP contribution in [0.2, 0.25) is 0 Å². The Kier molecular flexibility index (Phi) is 8.53. The first-order chi connectivity index (χ1) is 14.2. The van der Waals surface area contributed by atoms with Gasteiger partial charge >= 0.3 is 0 Å². The highest BCUT2D eigenvalue weighted by atomic mass is 32.2. The fourth-order valence-electron chi connectivity index (χ4n) is 3.10. The molecule has 0 aromatic heterocycles. The number of anilines is 1. The van der Waals surface area contributed by atoms with Gasteiger partial charge in [0.05, 0.1) is 25.6 Å². The van der Waals surface area contributed by atoms with E-state index in [0.717, 1.165) is 11.1 Å². The van der Waals surface area contributed by atoms with Crippen LogP contribution < -0.4 is 19.1 Å². The summed E-state index contributed by atoms with van der Waals surface area (Å²) in [5, 5.41) is 2.79. The smallest absolute Gasteiger partial charge is 0.232 e. The van der Waals surface area contributed by atoms with Crippen LogP contribution in [-0.4, -0.2) is 47.4 Å². The highest BCUT2D eigenvalue weighted by molar-refractivity contribution is 7.92. The number of benzene rings is 2. The molecule has 0 saturated carbocycles. The van der Waals surface area contributed by atoms with Gasteiger partial charge in [-0.3, -0.25) is 9.10 Å². The van der Waals surface area contributed by atoms with Crippen molar-refractivity contribution in [2.24, 2.45) is 0 Å². The summed E-state index contributed by atoms with van der Waals surface area (Å²) in [7, 11) is -1.85. The summed E-state index contributed by atoms with van der Waals surface area (Å²) in [5.41, 5.74) is 2.61. The van der Waals surface area contributed by atoms with Gasteiger partial charge in [-0.2, -0.15) is 0 Å². The normalized spacial score (nSPS) is 11.1. The molecule has 0 aliphatic rings. The zero-order valence-electron chi connectivity index (χ0n) is 18.0. The van der Waals surface area contributed by atoms with Crippen molar-refractivity contribution in [1.82, 2.24) is 5.32 Å². The number of hydrogen-bond donors (Lipinski definition) is 1. The lowest BCUT2D eigenvalue weighted by Gasteiger charge is -2.23. The molecule has 0 spiro atoms. The van der Waals surface area contributed by atoms with Crippen LogP contribution in [0.1, 0.15) is 24.0 Å². The molecule has 0 unspecified atom stereocenters. The van der Waals surface area contributed by atoms with E-state index in [4.69, 9.17) is 9.47 Å². The number of aryl methyl sites for hydroxylation is 2. The fraction of sp³-hybridized carbons (Fsp3) is 0.409. The van der Waals surface area contributed by atoms with Crippen molar-refractivity contribution in [1.29, 1.82) is 0 Å². The average Bonchev–Trinajstić information content (AvgIpc) is 2.67. The molecule has 8 heteroatoms. The van der Waals surface area contributed by atoms with Gasteiger partial charge < -0.3 is 14.8 Å². The van der Waals surface area contributed by atoms with Crippen LogP contribution in [0, 0.1) is 13.8 Å². The van der Waals surface area contributed by atoms with Gasteiger partial charge in [0, 0.05) is 19.0 Å². The number of amides is 1. The number of ether oxygens (including phenoxy) is 2. The number of nitrogens with zero attached hydrogens (tertiary/aromatic N) is 1. The van der Waals surface area contributed by atoms with Gasteiger partial charge in [0.25, 0.3) is 0 Å². The Morgan fingerprint density at radius 2 is 1.73 bits per heavy atom. The molecule has 164 valence electrons. The molecule has 0 saturated heterocycles. The first-order valence-electron chi connectivity index (χ1n) is 9.78. The summed E-state index contributed by atoms with van der Waals surface area (Å²) >= 11 is 0. The van der Waals surface area contributed by atoms with Gasteiger partial charge in [0.15, 0.2) is 0 Å². The van der Waals surface area contributed by atoms with Crippen LogP contribution in [0.5, 0.6) is 11.5 Å². The highest BCUT2D eigenvalue weighted by Crippen LogP contribution is 2.22. The van der Waals surface area contributed by atoms with Crippen molar-refractivity contribution in [2.75, 3.05) is 37.4 Å². The Hall–Kier alpha value is -2.74. The van der Waals surface area contributed by atoms with Crippen molar-refractivity contribution in [2.45, 2.75) is 26.7 Å². The van der Waals surface area contributed by atoms with E-state index in [0.29, 0.717) is 36.8 Å². The van der Waals surface area contributed by atoms with E-state index in [1.807, 2.05) is 50.2 Å². The number of rotatable bonds is 11. The van der Waals surface area contributed by atoms with Gasteiger partial charge in [0.2, 0.25) is 15.9 Å². The number of carbonyl (C=O) groups is 1. The second-order valence-corrected chi connectivity index (χ2v) is 9.07. The third-order valence-corrected chi connectivity index (χ3v) is 5.59. The van der Waals surface area contributed by atoms with Crippen LogP contribution in [0.3, 0.4) is 0 Å². The number of hydrogen-bond acceptors (Lipinski definition) is 5. The average molecular weight is 435 g/mol. The molecule has 1 N–H and O–H groups in total. The third kappa shape index (κ3) is 7.59. The highest BCUT2D eigenvalue weighted by Gasteiger charge is 2.18. The van der Waals surface area contributed by atoms with Crippen molar-refractivity contribution < 1.29 is 22.7 Å². The summed E-state index contributed by atoms with van der Waals surface area (Å²) < 4.78 is 36.5. The zero-order chi connectivity index (χ0) is 22.1. The van der Waals surface area contributed by atoms with Gasteiger partial charge in [-0.25, -0.2) is 8.42 Å². The molecule has 2 aromatic rings. The first kappa shape index (κ1) is 23.5. The minimum Gasteiger partial charge on any atom is -0.497 e. The molecular formula is C22H30N2O5S. The van der Waals surface area contributed by atoms with E-state index in [1.54, 1.807) is 13.2 Å². The zero-order valence-corrected chi connectivity index (χ0v) is 18.8. The van der Waals surface area contributed by atoms with E-state index >= 15 is 0 Å². The van der Waals surface area contributed by atoms with Crippen LogP contribution in [0.4, 0.5) is 5.69 Å². The molecular weight excluding hydrogens is 404 g/mol. The SMILES string of the molecule is COc1cccc(OCCNC(=O)CCCN(c2cc(C)cc(C)c2)S(C)(=O)=O)c1. The van der Waals surface area contributed by atoms with Crippen LogP contribution >= 0.6 is 0 Å². The lowest BCUT2D eigenvalue weighted by atomic mass is 10.1. The Bertz CT molecular complexity index is 940. The summed E-state index contributed by atoms with van der Waals surface area (Å²) in [6.07, 6.45) is 1.83. The largest absolute Gasteiger partial charge is 0.497 e. The molecule has 7 nitrogen and oxygen atoms in total. The van der Waals surface area contributed by atoms with Crippen molar-refractivity contribution in [3.05, 3.63) is 53.6 Å². The van der Waals surface area contributed by atoms with Gasteiger partial charge in [0.1, 0.15) is 18.1 Å². The van der Waals surface area contributed by atoms with Crippen molar-refractivity contribution in [3.8, 4) is 11.5 Å². The Morgan fingerprint density at radius 1 is 1.07 bits per heavy atom. The van der Waals surface area contributed by atoms with E-state index in [9.17, 15) is 13.2 Å². The number of sulfonamides is 1. The minimum absolute atomic E-state index is 0.141. The van der Waals surface area contributed by atoms with Crippen molar-refractivity contribution >= 4 is 21.6 Å². The standard InChI is InChI=1S/C22H30N2O5S/c1-17-13-18(2)15-19(14-17)24(30(4,26)27)11-6-9-22(25)23-10-12-29-21-8-5-7-20(16-21)28-3/h5,7-8,13-16H,6,9-12H2,1-4H3,(H,23,25). The number of nitrogens with one attached hydrogen (secondary N) is 1. The van der Waals surface area contributed by atoms with E-state index in [-0.39, 0.29) is 18.9 Å². The lowest BCUT2D eigenvalue weighted by molar-refractivity contribution is -0.121. The van der Waals surface area contributed by atoms with Gasteiger partial charge in [-0.05, 0) is 55.7 Å². The maximum Gasteiger partial charge on any atom is 0.232 e. The predicted octanol–water partition coefficient (Wildman–Crippen LogP) is 3.05. The molecule has 30 heavy (non-hydrogen) atoms. The van der Waals surface area contributed by atoms with E-state index in [1.165, 1.54) is 10.6 Å². The third-order valence-electron chi connectivity index (χ3n) is 4.39. The summed E-state index contributed by atoms with van der Waals surface area (Å²) in [6, 6.07) is 12.9. The molecule has 0 atom stereocenters. The Balaban J connectivity index is 1.78. The maximum absolute atomic E-state index is 12.2. The maximum atomic E-state index is 12.2. The summed E-state index contributed by atoms with van der Waals surface area (Å²) in [6.45, 7) is 4.80. The first-order valence-corrected chi connectivity index (χ1v) is 11.6. The van der Waals surface area contributed by atoms with Crippen LogP contribution in [-0.2, 0) is 14.8 Å². The van der Waals surface area contributed by atoms with E-state index < -0.39 is 10.0 Å². The van der Waals surface area contributed by atoms with Crippen LogP contribution in [0.15, 0.2) is 42.5 Å². The van der Waals surface area contributed by atoms with Crippen molar-refractivity contribution in [3.63, 3.8) is 0 Å². The molecule has 0 radical (unpaired) electrons. The molecule has 1 amide bonds. The predicted molar refractivity (Wildman–Crippen MR) is 119 cm³/mol. The number of carbonyl (C=O) groups excluding carboxylic acids is 1. The lowest BCUT2D eigenvalue weighted by Crippen LogP contribution is -2.33. The van der Waals surface area contributed by atoms with Gasteiger partial charge in [-0.15, -0.1) is 0 Å². The summed E-state index contributed by atoms with van der Waals surface area (Å²) in [4.78, 5) is 12.1. The van der Waals surface area contributed by atoms with Gasteiger partial charge in [-0.1, -0.05) is 12.1 Å². The fourth-order valence-corrected chi connectivity index (χ4v) is 4.05. The molecule has 0 aliphatic carbocycles.